The molecule has 1 fully saturated rings. The van der Waals surface area contributed by atoms with Crippen molar-refractivity contribution >= 4 is 28.9 Å². The first-order valence-electron chi connectivity index (χ1n) is 11.0. The summed E-state index contributed by atoms with van der Waals surface area (Å²) in [4.78, 5) is 36.2. The molecule has 1 amide bonds. The third-order valence-electron chi connectivity index (χ3n) is 6.09. The van der Waals surface area contributed by atoms with Crippen LogP contribution in [-0.4, -0.2) is 47.0 Å². The highest BCUT2D eigenvalue weighted by molar-refractivity contribution is 5.95. The number of rotatable bonds is 6. The Morgan fingerprint density at radius 3 is 2.32 bits per heavy atom. The van der Waals surface area contributed by atoms with Gasteiger partial charge in [-0.1, -0.05) is 29.8 Å². The number of benzene rings is 2. The van der Waals surface area contributed by atoms with Gasteiger partial charge in [-0.3, -0.25) is 25.8 Å². The summed E-state index contributed by atoms with van der Waals surface area (Å²) in [5, 5.41) is 11.9. The fraction of sp³-hybridized carbons (Fsp3) is 0.292. The molecule has 10 heteroatoms. The maximum atomic E-state index is 12.4. The molecule has 10 nitrogen and oxygen atoms in total. The number of carbonyl (C=O) groups excluding carboxylic acids is 1. The highest BCUT2D eigenvalue weighted by Gasteiger charge is 2.30. The van der Waals surface area contributed by atoms with Gasteiger partial charge in [0.25, 0.3) is 5.91 Å². The van der Waals surface area contributed by atoms with E-state index in [1.807, 2.05) is 30.0 Å². The molecule has 1 aliphatic heterocycles. The molecule has 2 N–H and O–H groups in total. The smallest absolute Gasteiger partial charge is 0.355 e. The molecule has 34 heavy (non-hydrogen) atoms. The van der Waals surface area contributed by atoms with E-state index in [1.165, 1.54) is 23.1 Å². The Morgan fingerprint density at radius 1 is 0.971 bits per heavy atom. The van der Waals surface area contributed by atoms with Gasteiger partial charge in [-0.2, -0.15) is 0 Å². The SMILES string of the molecule is Cc1ccc(C(=O)NNc2ncnc(N3CCN(c4cccc(C)c4C)CC3)c2[N+](=O)[O-])cc1. The predicted octanol–water partition coefficient (Wildman–Crippen LogP) is 3.39. The number of amides is 1. The maximum absolute atomic E-state index is 12.4. The van der Waals surface area contributed by atoms with Crippen LogP contribution in [0.1, 0.15) is 27.0 Å². The van der Waals surface area contributed by atoms with Gasteiger partial charge in [-0.25, -0.2) is 9.97 Å². The summed E-state index contributed by atoms with van der Waals surface area (Å²) in [6, 6.07) is 13.2. The predicted molar refractivity (Wildman–Crippen MR) is 131 cm³/mol. The van der Waals surface area contributed by atoms with Crippen molar-refractivity contribution in [1.29, 1.82) is 0 Å². The molecule has 1 aromatic heterocycles. The van der Waals surface area contributed by atoms with E-state index in [4.69, 9.17) is 0 Å². The van der Waals surface area contributed by atoms with Crippen LogP contribution in [0.25, 0.3) is 0 Å². The minimum Gasteiger partial charge on any atom is -0.368 e. The summed E-state index contributed by atoms with van der Waals surface area (Å²) >= 11 is 0. The first kappa shape index (κ1) is 23.0. The van der Waals surface area contributed by atoms with Gasteiger partial charge in [0.15, 0.2) is 0 Å². The number of aryl methyl sites for hydroxylation is 2. The minimum absolute atomic E-state index is 0.0626. The van der Waals surface area contributed by atoms with Crippen LogP contribution in [0.5, 0.6) is 0 Å². The Hall–Kier alpha value is -4.21. The summed E-state index contributed by atoms with van der Waals surface area (Å²) in [6.45, 7) is 8.67. The lowest BCUT2D eigenvalue weighted by atomic mass is 10.1. The summed E-state index contributed by atoms with van der Waals surface area (Å²) in [7, 11) is 0. The lowest BCUT2D eigenvalue weighted by molar-refractivity contribution is -0.383. The molecule has 2 heterocycles. The average Bonchev–Trinajstić information content (AvgIpc) is 2.84. The van der Waals surface area contributed by atoms with E-state index in [9.17, 15) is 14.9 Å². The number of nitro groups is 1. The second-order valence-corrected chi connectivity index (χ2v) is 8.29. The third-order valence-corrected chi connectivity index (χ3v) is 6.09. The number of carbonyl (C=O) groups is 1. The zero-order chi connectivity index (χ0) is 24.2. The fourth-order valence-electron chi connectivity index (χ4n) is 3.99. The van der Waals surface area contributed by atoms with Gasteiger partial charge in [0.05, 0.1) is 4.92 Å². The highest BCUT2D eigenvalue weighted by atomic mass is 16.6. The molecule has 176 valence electrons. The van der Waals surface area contributed by atoms with E-state index in [0.29, 0.717) is 31.7 Å². The number of hydrogen-bond donors (Lipinski definition) is 2. The molecular formula is C24H27N7O3. The molecule has 2 aromatic carbocycles. The second-order valence-electron chi connectivity index (χ2n) is 8.29. The summed E-state index contributed by atoms with van der Waals surface area (Å²) in [5.74, 6) is -0.253. The van der Waals surface area contributed by atoms with Gasteiger partial charge in [-0.05, 0) is 50.1 Å². The Bertz CT molecular complexity index is 1210. The summed E-state index contributed by atoms with van der Waals surface area (Å²) in [6.07, 6.45) is 1.26. The third kappa shape index (κ3) is 4.75. The summed E-state index contributed by atoms with van der Waals surface area (Å²) < 4.78 is 0. The van der Waals surface area contributed by atoms with Crippen molar-refractivity contribution in [1.82, 2.24) is 15.4 Å². The van der Waals surface area contributed by atoms with Crippen molar-refractivity contribution in [2.45, 2.75) is 20.8 Å². The van der Waals surface area contributed by atoms with Crippen LogP contribution in [0.3, 0.4) is 0 Å². The van der Waals surface area contributed by atoms with Crippen molar-refractivity contribution in [3.05, 3.63) is 81.2 Å². The zero-order valence-corrected chi connectivity index (χ0v) is 19.4. The van der Waals surface area contributed by atoms with Crippen molar-refractivity contribution in [2.24, 2.45) is 0 Å². The van der Waals surface area contributed by atoms with E-state index < -0.39 is 10.8 Å². The maximum Gasteiger partial charge on any atom is 0.355 e. The number of piperazine rings is 1. The molecule has 3 aromatic rings. The molecule has 4 rings (SSSR count). The molecule has 0 bridgehead atoms. The molecule has 0 unspecified atom stereocenters. The van der Waals surface area contributed by atoms with Gasteiger partial charge in [0, 0.05) is 37.4 Å². The van der Waals surface area contributed by atoms with E-state index in [1.54, 1.807) is 12.1 Å². The lowest BCUT2D eigenvalue weighted by Gasteiger charge is -2.37. The van der Waals surface area contributed by atoms with Gasteiger partial charge < -0.3 is 9.80 Å². The van der Waals surface area contributed by atoms with Crippen molar-refractivity contribution in [2.75, 3.05) is 41.4 Å². The Kier molecular flexibility index (Phi) is 6.58. The Morgan fingerprint density at radius 2 is 1.65 bits per heavy atom. The van der Waals surface area contributed by atoms with Crippen LogP contribution < -0.4 is 20.7 Å². The molecule has 0 radical (unpaired) electrons. The first-order valence-corrected chi connectivity index (χ1v) is 11.0. The first-order chi connectivity index (χ1) is 16.3. The number of hydrazine groups is 1. The standard InChI is InChI=1S/C24H27N7O3/c1-16-7-9-19(10-8-16)24(32)28-27-22-21(31(33)34)23(26-15-25-22)30-13-11-29(12-14-30)20-6-4-5-17(2)18(20)3/h4-10,15H,11-14H2,1-3H3,(H,28,32)(H,25,26,27). The minimum atomic E-state index is -0.521. The van der Waals surface area contributed by atoms with Crippen molar-refractivity contribution < 1.29 is 9.72 Å². The monoisotopic (exact) mass is 461 g/mol. The lowest BCUT2D eigenvalue weighted by Crippen LogP contribution is -2.47. The van der Waals surface area contributed by atoms with Crippen LogP contribution in [0.15, 0.2) is 48.8 Å². The van der Waals surface area contributed by atoms with Crippen molar-refractivity contribution in [3.63, 3.8) is 0 Å². The van der Waals surface area contributed by atoms with Crippen molar-refractivity contribution in [3.8, 4) is 0 Å². The highest BCUT2D eigenvalue weighted by Crippen LogP contribution is 2.33. The largest absolute Gasteiger partial charge is 0.368 e. The number of hydrogen-bond acceptors (Lipinski definition) is 8. The number of anilines is 3. The van der Waals surface area contributed by atoms with Gasteiger partial charge in [0.1, 0.15) is 6.33 Å². The van der Waals surface area contributed by atoms with Crippen LogP contribution >= 0.6 is 0 Å². The molecule has 0 atom stereocenters. The number of nitrogens with zero attached hydrogens (tertiary/aromatic N) is 5. The quantitative estimate of drug-likeness (QED) is 0.424. The molecular weight excluding hydrogens is 434 g/mol. The average molecular weight is 462 g/mol. The Balaban J connectivity index is 1.49. The van der Waals surface area contributed by atoms with E-state index >= 15 is 0 Å². The zero-order valence-electron chi connectivity index (χ0n) is 19.4. The van der Waals surface area contributed by atoms with Crippen LogP contribution in [-0.2, 0) is 0 Å². The topological polar surface area (TPSA) is 117 Å². The molecule has 1 aliphatic rings. The number of nitrogens with one attached hydrogen (secondary N) is 2. The summed E-state index contributed by atoms with van der Waals surface area (Å²) in [5.41, 5.74) is 9.92. The normalized spacial score (nSPS) is 13.5. The van der Waals surface area contributed by atoms with E-state index in [2.05, 4.69) is 51.7 Å². The van der Waals surface area contributed by atoms with Crippen LogP contribution in [0.4, 0.5) is 23.0 Å². The molecule has 0 saturated carbocycles. The van der Waals surface area contributed by atoms with E-state index in [0.717, 1.165) is 5.56 Å². The van der Waals surface area contributed by atoms with E-state index in [-0.39, 0.29) is 17.3 Å². The molecule has 0 spiro atoms. The van der Waals surface area contributed by atoms with Crippen LogP contribution in [0.2, 0.25) is 0 Å². The van der Waals surface area contributed by atoms with Gasteiger partial charge >= 0.3 is 5.69 Å². The Labute approximate surface area is 197 Å². The molecule has 1 saturated heterocycles. The van der Waals surface area contributed by atoms with Crippen LogP contribution in [0, 0.1) is 30.9 Å². The fourth-order valence-corrected chi connectivity index (χ4v) is 3.99. The van der Waals surface area contributed by atoms with Gasteiger partial charge in [-0.15, -0.1) is 0 Å². The van der Waals surface area contributed by atoms with Gasteiger partial charge in [0.2, 0.25) is 11.6 Å². The number of aromatic nitrogens is 2. The second kappa shape index (κ2) is 9.74. The molecule has 0 aliphatic carbocycles.